The highest BCUT2D eigenvalue weighted by Crippen LogP contribution is 2.19. The van der Waals surface area contributed by atoms with E-state index in [9.17, 15) is 0 Å². The number of nitrogens with zero attached hydrogens (tertiary/aromatic N) is 2. The highest BCUT2D eigenvalue weighted by atomic mass is 35.5. The highest BCUT2D eigenvalue weighted by Gasteiger charge is 2.08. The highest BCUT2D eigenvalue weighted by molar-refractivity contribution is 6.31. The van der Waals surface area contributed by atoms with Gasteiger partial charge in [0.05, 0.1) is 6.61 Å². The fourth-order valence-electron chi connectivity index (χ4n) is 1.62. The number of nitrogens with two attached hydrogens (primary N) is 1. The van der Waals surface area contributed by atoms with E-state index in [1.165, 1.54) is 0 Å². The van der Waals surface area contributed by atoms with Crippen LogP contribution in [0.4, 0.5) is 0 Å². The number of hydrogen-bond acceptors (Lipinski definition) is 4. The Morgan fingerprint density at radius 1 is 1.50 bits per heavy atom. The van der Waals surface area contributed by atoms with Crippen molar-refractivity contribution in [2.45, 2.75) is 13.5 Å². The van der Waals surface area contributed by atoms with Crippen LogP contribution in [0.1, 0.15) is 18.1 Å². The van der Waals surface area contributed by atoms with Gasteiger partial charge in [0.2, 0.25) is 0 Å². The van der Waals surface area contributed by atoms with E-state index in [2.05, 4.69) is 10.1 Å². The van der Waals surface area contributed by atoms with E-state index in [0.717, 1.165) is 12.1 Å². The Bertz CT molecular complexity index is 424. The van der Waals surface area contributed by atoms with Crippen LogP contribution in [-0.4, -0.2) is 40.7 Å². The zero-order chi connectivity index (χ0) is 13.5. The van der Waals surface area contributed by atoms with Gasteiger partial charge in [0.25, 0.3) is 0 Å². The molecule has 0 aliphatic rings. The predicted octanol–water partition coefficient (Wildman–Crippen LogP) is 1.25. The Morgan fingerprint density at radius 2 is 2.22 bits per heavy atom. The van der Waals surface area contributed by atoms with Crippen molar-refractivity contribution in [3.8, 4) is 0 Å². The second-order valence-corrected chi connectivity index (χ2v) is 4.29. The molecule has 0 aliphatic carbocycles. The third kappa shape index (κ3) is 3.87. The smallest absolute Gasteiger partial charge is 0.170 e. The van der Waals surface area contributed by atoms with E-state index >= 15 is 0 Å². The molecule has 0 aliphatic heterocycles. The van der Waals surface area contributed by atoms with Gasteiger partial charge in [-0.05, 0) is 18.2 Å². The Morgan fingerprint density at radius 3 is 2.72 bits per heavy atom. The van der Waals surface area contributed by atoms with Crippen molar-refractivity contribution < 1.29 is 10.3 Å². The number of oxime groups is 1. The van der Waals surface area contributed by atoms with Gasteiger partial charge in [-0.1, -0.05) is 35.8 Å². The minimum atomic E-state index is 0.0335. The van der Waals surface area contributed by atoms with Crippen LogP contribution in [0.5, 0.6) is 0 Å². The van der Waals surface area contributed by atoms with E-state index in [4.69, 9.17) is 27.6 Å². The van der Waals surface area contributed by atoms with Crippen molar-refractivity contribution in [3.05, 3.63) is 34.3 Å². The fourth-order valence-corrected chi connectivity index (χ4v) is 1.86. The lowest BCUT2D eigenvalue weighted by Crippen LogP contribution is -2.26. The van der Waals surface area contributed by atoms with Gasteiger partial charge >= 0.3 is 0 Å². The van der Waals surface area contributed by atoms with Crippen LogP contribution < -0.4 is 5.73 Å². The van der Waals surface area contributed by atoms with E-state index in [1.54, 1.807) is 12.1 Å². The molecule has 5 nitrogen and oxygen atoms in total. The van der Waals surface area contributed by atoms with E-state index in [1.807, 2.05) is 13.0 Å². The number of halogens is 1. The van der Waals surface area contributed by atoms with E-state index < -0.39 is 0 Å². The van der Waals surface area contributed by atoms with Gasteiger partial charge in [-0.25, -0.2) is 0 Å². The van der Waals surface area contributed by atoms with Crippen molar-refractivity contribution in [2.24, 2.45) is 10.9 Å². The molecular weight excluding hydrogens is 254 g/mol. The summed E-state index contributed by atoms with van der Waals surface area (Å²) in [6, 6.07) is 5.26. The zero-order valence-corrected chi connectivity index (χ0v) is 11.1. The Balaban J connectivity index is 2.85. The topological polar surface area (TPSA) is 82.1 Å². The summed E-state index contributed by atoms with van der Waals surface area (Å²) >= 11 is 6.15. The summed E-state index contributed by atoms with van der Waals surface area (Å²) in [4.78, 5) is 2.07. The van der Waals surface area contributed by atoms with Crippen LogP contribution in [0.3, 0.4) is 0 Å². The minimum Gasteiger partial charge on any atom is -0.409 e. The summed E-state index contributed by atoms with van der Waals surface area (Å²) in [5.41, 5.74) is 7.01. The van der Waals surface area contributed by atoms with Gasteiger partial charge in [-0.15, -0.1) is 0 Å². The summed E-state index contributed by atoms with van der Waals surface area (Å²) in [6.45, 7) is 4.24. The van der Waals surface area contributed by atoms with E-state index in [0.29, 0.717) is 23.7 Å². The number of aliphatic hydroxyl groups is 1. The van der Waals surface area contributed by atoms with Crippen molar-refractivity contribution in [2.75, 3.05) is 19.7 Å². The van der Waals surface area contributed by atoms with Crippen molar-refractivity contribution in [1.29, 1.82) is 0 Å². The quantitative estimate of drug-likeness (QED) is 0.315. The van der Waals surface area contributed by atoms with Crippen LogP contribution in [-0.2, 0) is 6.54 Å². The molecular formula is C12H18ClN3O2. The molecule has 0 spiro atoms. The van der Waals surface area contributed by atoms with Crippen molar-refractivity contribution in [3.63, 3.8) is 0 Å². The summed E-state index contributed by atoms with van der Waals surface area (Å²) in [6.07, 6.45) is 0. The summed E-state index contributed by atoms with van der Waals surface area (Å²) in [5.74, 6) is 0.0335. The van der Waals surface area contributed by atoms with Crippen LogP contribution >= 0.6 is 11.6 Å². The van der Waals surface area contributed by atoms with Crippen molar-refractivity contribution in [1.82, 2.24) is 4.90 Å². The summed E-state index contributed by atoms with van der Waals surface area (Å²) < 4.78 is 0. The van der Waals surface area contributed by atoms with Crippen LogP contribution in [0.25, 0.3) is 0 Å². The average molecular weight is 272 g/mol. The molecule has 0 saturated carbocycles. The van der Waals surface area contributed by atoms with Crippen LogP contribution in [0.15, 0.2) is 23.4 Å². The number of amidine groups is 1. The Hall–Kier alpha value is -1.30. The molecule has 0 saturated heterocycles. The van der Waals surface area contributed by atoms with Gasteiger partial charge in [0.15, 0.2) is 5.84 Å². The first-order valence-corrected chi connectivity index (χ1v) is 6.09. The second-order valence-electron chi connectivity index (χ2n) is 3.88. The maximum Gasteiger partial charge on any atom is 0.170 e. The lowest BCUT2D eigenvalue weighted by molar-refractivity contribution is 0.197. The number of hydrogen-bond donors (Lipinski definition) is 3. The monoisotopic (exact) mass is 271 g/mol. The normalized spacial score (nSPS) is 12.1. The Kier molecular flexibility index (Phi) is 5.91. The van der Waals surface area contributed by atoms with Crippen LogP contribution in [0, 0.1) is 0 Å². The van der Waals surface area contributed by atoms with Gasteiger partial charge < -0.3 is 16.0 Å². The van der Waals surface area contributed by atoms with E-state index in [-0.39, 0.29) is 12.4 Å². The lowest BCUT2D eigenvalue weighted by Gasteiger charge is -2.20. The van der Waals surface area contributed by atoms with Gasteiger partial charge in [0, 0.05) is 23.7 Å². The number of aliphatic hydroxyl groups excluding tert-OH is 1. The van der Waals surface area contributed by atoms with Gasteiger partial charge in [-0.2, -0.15) is 0 Å². The molecule has 1 rings (SSSR count). The molecule has 0 fully saturated rings. The van der Waals surface area contributed by atoms with Crippen LogP contribution in [0.2, 0.25) is 5.02 Å². The lowest BCUT2D eigenvalue weighted by atomic mass is 10.1. The molecule has 0 bridgehead atoms. The molecule has 0 radical (unpaired) electrons. The maximum atomic E-state index is 8.93. The molecule has 18 heavy (non-hydrogen) atoms. The fraction of sp³-hybridized carbons (Fsp3) is 0.417. The first kappa shape index (κ1) is 14.8. The number of likely N-dealkylation sites (N-methyl/N-ethyl adjacent to an activating group) is 1. The average Bonchev–Trinajstić information content (AvgIpc) is 2.39. The third-order valence-electron chi connectivity index (χ3n) is 2.71. The summed E-state index contributed by atoms with van der Waals surface area (Å²) in [5, 5.41) is 21.0. The first-order valence-electron chi connectivity index (χ1n) is 5.71. The molecule has 1 aromatic rings. The minimum absolute atomic E-state index is 0.0335. The molecule has 0 heterocycles. The van der Waals surface area contributed by atoms with Crippen molar-refractivity contribution >= 4 is 17.4 Å². The predicted molar refractivity (Wildman–Crippen MR) is 72.0 cm³/mol. The molecule has 100 valence electrons. The molecule has 0 atom stereocenters. The molecule has 0 unspecified atom stereocenters. The number of rotatable bonds is 6. The first-order chi connectivity index (χ1) is 8.62. The molecule has 0 aromatic heterocycles. The standard InChI is InChI=1S/C12H18ClN3O2/c1-2-16(5-6-17)8-10-4-3-9(7-11(10)13)12(14)15-18/h3-4,7,17-18H,2,5-6,8H2,1H3,(H2,14,15). The number of benzene rings is 1. The molecule has 6 heteroatoms. The Labute approximate surface area is 111 Å². The third-order valence-corrected chi connectivity index (χ3v) is 3.07. The second kappa shape index (κ2) is 7.20. The summed E-state index contributed by atoms with van der Waals surface area (Å²) in [7, 11) is 0. The largest absolute Gasteiger partial charge is 0.409 e. The SMILES string of the molecule is CCN(CCO)Cc1ccc(/C(N)=N/O)cc1Cl. The maximum absolute atomic E-state index is 8.93. The van der Waals surface area contributed by atoms with Gasteiger partial charge in [0.1, 0.15) is 0 Å². The zero-order valence-electron chi connectivity index (χ0n) is 10.3. The molecule has 0 amide bonds. The molecule has 1 aromatic carbocycles. The van der Waals surface area contributed by atoms with Gasteiger partial charge in [-0.3, -0.25) is 4.90 Å². The molecule has 4 N–H and O–H groups in total.